The van der Waals surface area contributed by atoms with Gasteiger partial charge in [-0.25, -0.2) is 4.99 Å². The van der Waals surface area contributed by atoms with E-state index in [-0.39, 0.29) is 6.04 Å². The summed E-state index contributed by atoms with van der Waals surface area (Å²) in [4.78, 5) is 11.8. The van der Waals surface area contributed by atoms with Gasteiger partial charge in [-0.2, -0.15) is 0 Å². The fraction of sp³-hybridized carbons (Fsp3) is 0.0690. The van der Waals surface area contributed by atoms with E-state index in [0.29, 0.717) is 0 Å². The van der Waals surface area contributed by atoms with Crippen LogP contribution in [0, 0.1) is 0 Å². The number of hydrogen-bond donors (Lipinski definition) is 0. The second-order valence-electron chi connectivity index (χ2n) is 16.7. The van der Waals surface area contributed by atoms with Crippen LogP contribution in [0.5, 0.6) is 0 Å². The Bertz CT molecular complexity index is 3860. The molecule has 1 aliphatic rings. The van der Waals surface area contributed by atoms with Crippen molar-refractivity contribution >= 4 is 108 Å². The van der Waals surface area contributed by atoms with Crippen molar-refractivity contribution in [3.05, 3.63) is 211 Å². The summed E-state index contributed by atoms with van der Waals surface area (Å²) >= 11 is 1.85. The van der Waals surface area contributed by atoms with Crippen LogP contribution in [0.1, 0.15) is 42.0 Å². The Labute approximate surface area is 362 Å². The molecular weight excluding hydrogens is 771 g/mol. The summed E-state index contributed by atoms with van der Waals surface area (Å²) in [7, 11) is 0. The lowest BCUT2D eigenvalue weighted by Crippen LogP contribution is -2.15. The van der Waals surface area contributed by atoms with E-state index < -0.39 is 0 Å². The van der Waals surface area contributed by atoms with E-state index in [4.69, 9.17) is 9.98 Å². The number of thiophene rings is 1. The molecule has 0 saturated carbocycles. The molecule has 4 heteroatoms. The molecule has 0 fully saturated rings. The monoisotopic (exact) mass is 809 g/mol. The quantitative estimate of drug-likeness (QED) is 0.159. The summed E-state index contributed by atoms with van der Waals surface area (Å²) in [6.07, 6.45) is 2.72. The molecule has 0 aliphatic carbocycles. The number of amidine groups is 1. The number of nitrogens with zero attached hydrogens (tertiary/aromatic N) is 3. The highest BCUT2D eigenvalue weighted by Gasteiger charge is 2.26. The first kappa shape index (κ1) is 35.4. The summed E-state index contributed by atoms with van der Waals surface area (Å²) in [6, 6.07) is 71.3. The molecule has 0 N–H and O–H groups in total. The van der Waals surface area contributed by atoms with Crippen LogP contribution in [0.2, 0.25) is 0 Å². The highest BCUT2D eigenvalue weighted by atomic mass is 32.1. The minimum atomic E-state index is -0.0838. The maximum absolute atomic E-state index is 5.94. The van der Waals surface area contributed by atoms with Gasteiger partial charge in [-0.1, -0.05) is 152 Å². The van der Waals surface area contributed by atoms with Gasteiger partial charge in [0.05, 0.1) is 34.0 Å². The lowest BCUT2D eigenvalue weighted by molar-refractivity contribution is 0.626. The second-order valence-corrected chi connectivity index (χ2v) is 17.8. The number of aromatic nitrogens is 1. The summed E-state index contributed by atoms with van der Waals surface area (Å²) in [5.74, 6) is 0.784. The van der Waals surface area contributed by atoms with E-state index in [9.17, 15) is 0 Å². The van der Waals surface area contributed by atoms with Crippen molar-refractivity contribution in [3.8, 4) is 5.69 Å². The predicted molar refractivity (Wildman–Crippen MR) is 266 cm³/mol. The average molecular weight is 810 g/mol. The molecule has 1 unspecified atom stereocenters. The van der Waals surface area contributed by atoms with Gasteiger partial charge in [-0.3, -0.25) is 4.99 Å². The van der Waals surface area contributed by atoms with Gasteiger partial charge in [-0.05, 0) is 116 Å². The summed E-state index contributed by atoms with van der Waals surface area (Å²) in [6.45, 7) is 0. The fourth-order valence-corrected chi connectivity index (χ4v) is 11.4. The lowest BCUT2D eigenvalue weighted by Gasteiger charge is -2.22. The van der Waals surface area contributed by atoms with Crippen molar-refractivity contribution in [1.82, 2.24) is 4.57 Å². The predicted octanol–water partition coefficient (Wildman–Crippen LogP) is 15.9. The van der Waals surface area contributed by atoms with Crippen molar-refractivity contribution < 1.29 is 0 Å². The number of para-hydroxylation sites is 1. The number of hydrogen-bond acceptors (Lipinski definition) is 3. The first-order valence-corrected chi connectivity index (χ1v) is 22.5. The van der Waals surface area contributed by atoms with Crippen molar-refractivity contribution in [2.24, 2.45) is 9.98 Å². The standard InChI is InChI=1S/C58H39N3S/c1-2-16-39-35-53-48(34-38(39)15-1)46-20-7-9-25-51(46)61(53)52-31-32-55-56(47-21-8-10-26-54(47)62-55)57(52)58-59-49(41-29-30-44-40(33-41)28-27-37-14-4-5-18-42(37)44)23-12-24-50(60-58)45-22-11-17-36-13-3-6-19-43(36)45/h1-11,13-22,25-35,50H,12,23-24H2. The Morgan fingerprint density at radius 1 is 0.468 bits per heavy atom. The van der Waals surface area contributed by atoms with Crippen LogP contribution in [-0.4, -0.2) is 16.1 Å². The molecule has 1 aliphatic heterocycles. The van der Waals surface area contributed by atoms with Crippen LogP contribution >= 0.6 is 11.3 Å². The SMILES string of the molecule is c1ccc2cc3c(cc2c1)c1ccccc1n3-c1ccc2sc3ccccc3c2c1C1=NC(c2cccc3ccccc23)CCCC(c2ccc3c(ccc4ccccc43)c2)=N1. The number of rotatable bonds is 4. The zero-order valence-electron chi connectivity index (χ0n) is 33.9. The molecule has 2 aromatic heterocycles. The summed E-state index contributed by atoms with van der Waals surface area (Å²) < 4.78 is 4.98. The summed E-state index contributed by atoms with van der Waals surface area (Å²) in [5.41, 5.74) is 7.99. The molecule has 0 radical (unpaired) electrons. The van der Waals surface area contributed by atoms with E-state index in [1.165, 1.54) is 90.6 Å². The first-order chi connectivity index (χ1) is 30.7. The van der Waals surface area contributed by atoms with Gasteiger partial charge in [0.2, 0.25) is 0 Å². The third-order valence-electron chi connectivity index (χ3n) is 13.2. The Balaban J connectivity index is 1.14. The highest BCUT2D eigenvalue weighted by molar-refractivity contribution is 7.25. The molecule has 62 heavy (non-hydrogen) atoms. The maximum Gasteiger partial charge on any atom is 0.158 e. The second kappa shape index (κ2) is 14.1. The fourth-order valence-electron chi connectivity index (χ4n) is 10.3. The molecule has 0 bridgehead atoms. The number of benzene rings is 10. The smallest absolute Gasteiger partial charge is 0.158 e. The Hall–Kier alpha value is -7.40. The number of fused-ring (bicyclic) bond motifs is 11. The van der Waals surface area contributed by atoms with Crippen molar-refractivity contribution in [1.29, 1.82) is 0 Å². The van der Waals surface area contributed by atoms with E-state index in [0.717, 1.165) is 47.6 Å². The molecule has 3 heterocycles. The molecule has 0 spiro atoms. The molecular formula is C58H39N3S. The zero-order chi connectivity index (χ0) is 40.7. The lowest BCUT2D eigenvalue weighted by atomic mass is 9.92. The molecule has 10 aromatic carbocycles. The Morgan fingerprint density at radius 3 is 2.02 bits per heavy atom. The van der Waals surface area contributed by atoms with Crippen molar-refractivity contribution in [3.63, 3.8) is 0 Å². The van der Waals surface area contributed by atoms with Crippen LogP contribution in [0.3, 0.4) is 0 Å². The molecule has 13 rings (SSSR count). The van der Waals surface area contributed by atoms with Crippen LogP contribution in [0.4, 0.5) is 0 Å². The van der Waals surface area contributed by atoms with Crippen LogP contribution in [-0.2, 0) is 0 Å². The third kappa shape index (κ3) is 5.57. The van der Waals surface area contributed by atoms with E-state index in [2.05, 4.69) is 199 Å². The first-order valence-electron chi connectivity index (χ1n) is 21.7. The largest absolute Gasteiger partial charge is 0.308 e. The highest BCUT2D eigenvalue weighted by Crippen LogP contribution is 2.43. The minimum absolute atomic E-state index is 0.0838. The maximum atomic E-state index is 5.94. The topological polar surface area (TPSA) is 29.6 Å². The van der Waals surface area contributed by atoms with Gasteiger partial charge in [0.15, 0.2) is 5.84 Å². The van der Waals surface area contributed by atoms with Crippen LogP contribution < -0.4 is 0 Å². The van der Waals surface area contributed by atoms with Gasteiger partial charge in [-0.15, -0.1) is 11.3 Å². The molecule has 12 aromatic rings. The summed E-state index contributed by atoms with van der Waals surface area (Å²) in [5, 5.41) is 14.9. The van der Waals surface area contributed by atoms with E-state index in [1.807, 2.05) is 11.3 Å². The van der Waals surface area contributed by atoms with Gasteiger partial charge >= 0.3 is 0 Å². The third-order valence-corrected chi connectivity index (χ3v) is 14.3. The van der Waals surface area contributed by atoms with Gasteiger partial charge in [0.1, 0.15) is 0 Å². The molecule has 3 nitrogen and oxygen atoms in total. The van der Waals surface area contributed by atoms with Crippen LogP contribution in [0.15, 0.2) is 204 Å². The van der Waals surface area contributed by atoms with E-state index >= 15 is 0 Å². The Morgan fingerprint density at radius 2 is 1.15 bits per heavy atom. The molecule has 1 atom stereocenters. The zero-order valence-corrected chi connectivity index (χ0v) is 34.7. The molecule has 0 saturated heterocycles. The van der Waals surface area contributed by atoms with Crippen LogP contribution in [0.25, 0.3) is 90.8 Å². The number of aliphatic imine (C=N–C) groups is 2. The van der Waals surface area contributed by atoms with Gasteiger partial charge < -0.3 is 4.57 Å². The van der Waals surface area contributed by atoms with Gasteiger partial charge in [0, 0.05) is 30.9 Å². The normalized spacial score (nSPS) is 14.9. The van der Waals surface area contributed by atoms with E-state index in [1.54, 1.807) is 0 Å². The van der Waals surface area contributed by atoms with Crippen molar-refractivity contribution in [2.75, 3.05) is 0 Å². The molecule has 292 valence electrons. The van der Waals surface area contributed by atoms with Crippen molar-refractivity contribution in [2.45, 2.75) is 25.3 Å². The Kier molecular flexibility index (Phi) is 8.04. The van der Waals surface area contributed by atoms with Gasteiger partial charge in [0.25, 0.3) is 0 Å². The minimum Gasteiger partial charge on any atom is -0.308 e. The molecule has 0 amide bonds. The average Bonchev–Trinajstić information content (AvgIpc) is 3.85.